The highest BCUT2D eigenvalue weighted by Crippen LogP contribution is 2.26. The number of nitro benzene ring substituents is 1. The second-order valence-corrected chi connectivity index (χ2v) is 5.74. The zero-order valence-electron chi connectivity index (χ0n) is 10.5. The van der Waals surface area contributed by atoms with Gasteiger partial charge in [-0.2, -0.15) is 5.26 Å². The molecule has 0 heterocycles. The standard InChI is InChI=1S/C11H13N3O4S/c1-3-9(7-12)19(17,18)13-10-5-4-6-11(8(10)2)14(15)16/h4-6,9,13H,3H2,1-2H3. The van der Waals surface area contributed by atoms with Crippen LogP contribution in [-0.4, -0.2) is 18.6 Å². The monoisotopic (exact) mass is 283 g/mol. The SMILES string of the molecule is CCC(C#N)S(=O)(=O)Nc1cccc([N+](=O)[O-])c1C. The average Bonchev–Trinajstić information content (AvgIpc) is 2.32. The van der Waals surface area contributed by atoms with Crippen LogP contribution in [0.3, 0.4) is 0 Å². The Morgan fingerprint density at radius 2 is 2.16 bits per heavy atom. The lowest BCUT2D eigenvalue weighted by atomic mass is 10.2. The Morgan fingerprint density at radius 1 is 1.53 bits per heavy atom. The second-order valence-electron chi connectivity index (χ2n) is 3.88. The third kappa shape index (κ3) is 3.20. The average molecular weight is 283 g/mol. The summed E-state index contributed by atoms with van der Waals surface area (Å²) in [6, 6.07) is 5.78. The predicted octanol–water partition coefficient (Wildman–Crippen LogP) is 1.95. The van der Waals surface area contributed by atoms with E-state index in [1.165, 1.54) is 25.1 Å². The molecule has 102 valence electrons. The van der Waals surface area contributed by atoms with Crippen LogP contribution in [0.5, 0.6) is 0 Å². The van der Waals surface area contributed by atoms with Gasteiger partial charge < -0.3 is 0 Å². The third-order valence-electron chi connectivity index (χ3n) is 2.64. The van der Waals surface area contributed by atoms with Crippen LogP contribution in [0.2, 0.25) is 0 Å². The maximum absolute atomic E-state index is 11.9. The molecular formula is C11H13N3O4S. The molecule has 1 aromatic rings. The number of rotatable bonds is 5. The molecule has 1 aromatic carbocycles. The lowest BCUT2D eigenvalue weighted by molar-refractivity contribution is -0.385. The zero-order chi connectivity index (χ0) is 14.6. The van der Waals surface area contributed by atoms with Gasteiger partial charge in [0.25, 0.3) is 5.69 Å². The first-order chi connectivity index (χ1) is 8.83. The first kappa shape index (κ1) is 14.9. The van der Waals surface area contributed by atoms with Crippen LogP contribution in [0.1, 0.15) is 18.9 Å². The minimum Gasteiger partial charge on any atom is -0.282 e. The molecule has 1 atom stereocenters. The molecule has 0 bridgehead atoms. The van der Waals surface area contributed by atoms with E-state index in [4.69, 9.17) is 5.26 Å². The molecule has 0 aliphatic rings. The quantitative estimate of drug-likeness (QED) is 0.655. The van der Waals surface area contributed by atoms with Crippen molar-refractivity contribution in [3.05, 3.63) is 33.9 Å². The van der Waals surface area contributed by atoms with Crippen LogP contribution in [-0.2, 0) is 10.0 Å². The molecule has 0 fully saturated rings. The van der Waals surface area contributed by atoms with Crippen molar-refractivity contribution in [2.45, 2.75) is 25.5 Å². The Morgan fingerprint density at radius 3 is 2.63 bits per heavy atom. The summed E-state index contributed by atoms with van der Waals surface area (Å²) >= 11 is 0. The van der Waals surface area contributed by atoms with Gasteiger partial charge in [0.05, 0.1) is 22.2 Å². The Bertz CT molecular complexity index is 634. The van der Waals surface area contributed by atoms with E-state index in [2.05, 4.69) is 4.72 Å². The van der Waals surface area contributed by atoms with Crippen LogP contribution in [0.15, 0.2) is 18.2 Å². The Hall–Kier alpha value is -2.14. The number of nitrogens with zero attached hydrogens (tertiary/aromatic N) is 2. The van der Waals surface area contributed by atoms with E-state index < -0.39 is 20.2 Å². The normalized spacial score (nSPS) is 12.5. The Kier molecular flexibility index (Phi) is 4.45. The highest BCUT2D eigenvalue weighted by molar-refractivity contribution is 7.93. The molecule has 0 radical (unpaired) electrons. The Labute approximate surface area is 111 Å². The maximum Gasteiger partial charge on any atom is 0.274 e. The van der Waals surface area contributed by atoms with Gasteiger partial charge in [0.1, 0.15) is 0 Å². The zero-order valence-corrected chi connectivity index (χ0v) is 11.3. The van der Waals surface area contributed by atoms with E-state index in [-0.39, 0.29) is 23.4 Å². The van der Waals surface area contributed by atoms with Crippen molar-refractivity contribution >= 4 is 21.4 Å². The van der Waals surface area contributed by atoms with E-state index in [0.717, 1.165) is 0 Å². The fourth-order valence-electron chi connectivity index (χ4n) is 1.54. The molecule has 0 saturated carbocycles. The number of nitro groups is 1. The van der Waals surface area contributed by atoms with Crippen molar-refractivity contribution in [3.63, 3.8) is 0 Å². The van der Waals surface area contributed by atoms with Gasteiger partial charge in [0.2, 0.25) is 10.0 Å². The molecular weight excluding hydrogens is 270 g/mol. The molecule has 0 spiro atoms. The summed E-state index contributed by atoms with van der Waals surface area (Å²) in [5, 5.41) is 18.3. The largest absolute Gasteiger partial charge is 0.282 e. The number of nitriles is 1. The summed E-state index contributed by atoms with van der Waals surface area (Å²) in [6.45, 7) is 3.02. The molecule has 0 saturated heterocycles. The van der Waals surface area contributed by atoms with Gasteiger partial charge in [-0.25, -0.2) is 8.42 Å². The summed E-state index contributed by atoms with van der Waals surface area (Å²) in [5.74, 6) is 0. The van der Waals surface area contributed by atoms with E-state index in [1.807, 2.05) is 0 Å². The van der Waals surface area contributed by atoms with Crippen molar-refractivity contribution in [2.75, 3.05) is 4.72 Å². The molecule has 1 rings (SSSR count). The Balaban J connectivity index is 3.18. The first-order valence-electron chi connectivity index (χ1n) is 5.48. The second kappa shape index (κ2) is 5.67. The van der Waals surface area contributed by atoms with E-state index in [9.17, 15) is 18.5 Å². The summed E-state index contributed by atoms with van der Waals surface area (Å²) in [4.78, 5) is 10.2. The number of hydrogen-bond acceptors (Lipinski definition) is 5. The molecule has 1 unspecified atom stereocenters. The van der Waals surface area contributed by atoms with Crippen LogP contribution < -0.4 is 4.72 Å². The predicted molar refractivity (Wildman–Crippen MR) is 70.1 cm³/mol. The summed E-state index contributed by atoms with van der Waals surface area (Å²) < 4.78 is 26.0. The minimum atomic E-state index is -3.87. The fourth-order valence-corrected chi connectivity index (χ4v) is 2.78. The van der Waals surface area contributed by atoms with Crippen LogP contribution >= 0.6 is 0 Å². The highest BCUT2D eigenvalue weighted by atomic mass is 32.2. The van der Waals surface area contributed by atoms with Crippen LogP contribution in [0, 0.1) is 28.4 Å². The molecule has 0 aliphatic heterocycles. The number of hydrogen-bond donors (Lipinski definition) is 1. The van der Waals surface area contributed by atoms with Crippen molar-refractivity contribution < 1.29 is 13.3 Å². The van der Waals surface area contributed by atoms with Gasteiger partial charge in [-0.15, -0.1) is 0 Å². The van der Waals surface area contributed by atoms with Gasteiger partial charge in [-0.3, -0.25) is 14.8 Å². The van der Waals surface area contributed by atoms with E-state index in [1.54, 1.807) is 13.0 Å². The minimum absolute atomic E-state index is 0.114. The molecule has 0 aromatic heterocycles. The number of sulfonamides is 1. The molecule has 0 aliphatic carbocycles. The van der Waals surface area contributed by atoms with Crippen molar-refractivity contribution in [3.8, 4) is 6.07 Å². The summed E-state index contributed by atoms with van der Waals surface area (Å²) in [6.07, 6.45) is 0.139. The van der Waals surface area contributed by atoms with Gasteiger partial charge >= 0.3 is 0 Å². The third-order valence-corrected chi connectivity index (χ3v) is 4.34. The molecule has 0 amide bonds. The van der Waals surface area contributed by atoms with Crippen molar-refractivity contribution in [1.82, 2.24) is 0 Å². The summed E-state index contributed by atoms with van der Waals surface area (Å²) in [7, 11) is -3.87. The van der Waals surface area contributed by atoms with Gasteiger partial charge in [0, 0.05) is 6.07 Å². The molecule has 8 heteroatoms. The summed E-state index contributed by atoms with van der Waals surface area (Å²) in [5.41, 5.74) is 0.150. The fraction of sp³-hybridized carbons (Fsp3) is 0.364. The number of benzene rings is 1. The van der Waals surface area contributed by atoms with Gasteiger partial charge in [-0.1, -0.05) is 13.0 Å². The smallest absolute Gasteiger partial charge is 0.274 e. The number of anilines is 1. The highest BCUT2D eigenvalue weighted by Gasteiger charge is 2.25. The van der Waals surface area contributed by atoms with Gasteiger partial charge in [-0.05, 0) is 19.4 Å². The molecule has 7 nitrogen and oxygen atoms in total. The maximum atomic E-state index is 11.9. The van der Waals surface area contributed by atoms with Gasteiger partial charge in [0.15, 0.2) is 5.25 Å². The van der Waals surface area contributed by atoms with Crippen molar-refractivity contribution in [2.24, 2.45) is 0 Å². The molecule has 19 heavy (non-hydrogen) atoms. The number of nitrogens with one attached hydrogen (secondary N) is 1. The van der Waals surface area contributed by atoms with E-state index in [0.29, 0.717) is 0 Å². The van der Waals surface area contributed by atoms with Crippen LogP contribution in [0.25, 0.3) is 0 Å². The lowest BCUT2D eigenvalue weighted by Crippen LogP contribution is -2.26. The molecule has 1 N–H and O–H groups in total. The topological polar surface area (TPSA) is 113 Å². The van der Waals surface area contributed by atoms with Crippen molar-refractivity contribution in [1.29, 1.82) is 5.26 Å². The lowest BCUT2D eigenvalue weighted by Gasteiger charge is -2.13. The van der Waals surface area contributed by atoms with Crippen LogP contribution in [0.4, 0.5) is 11.4 Å². The first-order valence-corrected chi connectivity index (χ1v) is 7.03. The van der Waals surface area contributed by atoms with E-state index >= 15 is 0 Å².